The molecular formula is C28H31Cl2N3O4S. The van der Waals surface area contributed by atoms with Gasteiger partial charge in [0, 0.05) is 13.1 Å². The lowest BCUT2D eigenvalue weighted by molar-refractivity contribution is -0.139. The van der Waals surface area contributed by atoms with Gasteiger partial charge in [-0.1, -0.05) is 72.6 Å². The summed E-state index contributed by atoms with van der Waals surface area (Å²) in [6.45, 7) is 5.22. The minimum absolute atomic E-state index is 0.0304. The predicted molar refractivity (Wildman–Crippen MR) is 152 cm³/mol. The van der Waals surface area contributed by atoms with Crippen molar-refractivity contribution in [2.24, 2.45) is 0 Å². The lowest BCUT2D eigenvalue weighted by Crippen LogP contribution is -2.51. The molecule has 0 unspecified atom stereocenters. The van der Waals surface area contributed by atoms with Crippen LogP contribution in [0.3, 0.4) is 0 Å². The van der Waals surface area contributed by atoms with Crippen molar-refractivity contribution in [3.63, 3.8) is 0 Å². The Bertz CT molecular complexity index is 1380. The van der Waals surface area contributed by atoms with Crippen LogP contribution in [0.4, 0.5) is 5.69 Å². The zero-order valence-corrected chi connectivity index (χ0v) is 23.9. The second-order valence-corrected chi connectivity index (χ2v) is 11.3. The Labute approximate surface area is 234 Å². The summed E-state index contributed by atoms with van der Waals surface area (Å²) < 4.78 is 28.8. The van der Waals surface area contributed by atoms with Gasteiger partial charge < -0.3 is 10.2 Å². The number of rotatable bonds is 11. The van der Waals surface area contributed by atoms with Gasteiger partial charge in [0.15, 0.2) is 0 Å². The minimum Gasteiger partial charge on any atom is -0.355 e. The van der Waals surface area contributed by atoms with Gasteiger partial charge in [-0.25, -0.2) is 8.42 Å². The first-order valence-corrected chi connectivity index (χ1v) is 14.5. The number of sulfonamides is 1. The van der Waals surface area contributed by atoms with E-state index in [-0.39, 0.29) is 17.3 Å². The number of benzene rings is 3. The first kappa shape index (κ1) is 29.5. The molecule has 3 rings (SSSR count). The molecule has 0 saturated heterocycles. The molecule has 10 heteroatoms. The van der Waals surface area contributed by atoms with Crippen molar-refractivity contribution in [1.29, 1.82) is 0 Å². The van der Waals surface area contributed by atoms with Crippen LogP contribution in [0.2, 0.25) is 10.0 Å². The van der Waals surface area contributed by atoms with Crippen LogP contribution in [0.25, 0.3) is 0 Å². The van der Waals surface area contributed by atoms with Crippen LogP contribution in [-0.2, 0) is 32.6 Å². The molecule has 3 aromatic rings. The highest BCUT2D eigenvalue weighted by Gasteiger charge is 2.33. The first-order valence-electron chi connectivity index (χ1n) is 12.3. The van der Waals surface area contributed by atoms with Crippen molar-refractivity contribution in [3.05, 3.63) is 94.0 Å². The van der Waals surface area contributed by atoms with E-state index in [1.54, 1.807) is 62.4 Å². The van der Waals surface area contributed by atoms with Gasteiger partial charge in [-0.2, -0.15) is 0 Å². The molecule has 0 saturated carbocycles. The number of amides is 2. The molecule has 202 valence electrons. The molecule has 0 aliphatic rings. The van der Waals surface area contributed by atoms with Crippen molar-refractivity contribution in [1.82, 2.24) is 10.2 Å². The van der Waals surface area contributed by atoms with E-state index in [1.807, 2.05) is 19.1 Å². The molecule has 1 atom stereocenters. The van der Waals surface area contributed by atoms with E-state index >= 15 is 0 Å². The van der Waals surface area contributed by atoms with Crippen LogP contribution in [0, 0.1) is 0 Å². The summed E-state index contributed by atoms with van der Waals surface area (Å²) in [5.41, 5.74) is 1.83. The molecule has 7 nitrogen and oxygen atoms in total. The lowest BCUT2D eigenvalue weighted by Gasteiger charge is -2.32. The molecule has 0 spiro atoms. The summed E-state index contributed by atoms with van der Waals surface area (Å²) in [5.74, 6) is -0.896. The summed E-state index contributed by atoms with van der Waals surface area (Å²) in [4.78, 5) is 28.1. The maximum Gasteiger partial charge on any atom is 0.264 e. The normalized spacial score (nSPS) is 12.0. The Hall–Kier alpha value is -3.07. The molecule has 0 aromatic heterocycles. The van der Waals surface area contributed by atoms with Crippen LogP contribution in [0.15, 0.2) is 77.7 Å². The standard InChI is InChI=1S/C28H31Cl2N3O4S/c1-4-22-11-9-10-14-26(22)33(38(36,37)23-12-7-6-8-13-23)19-27(34)32(20(3)28(35)31-5-2)18-21-15-16-24(29)25(30)17-21/h6-17,20H,4-5,18-19H2,1-3H3,(H,31,35)/t20-/m1/s1. The number of nitrogens with zero attached hydrogens (tertiary/aromatic N) is 2. The molecule has 3 aromatic carbocycles. The number of halogens is 2. The third-order valence-electron chi connectivity index (χ3n) is 6.11. The van der Waals surface area contributed by atoms with Crippen LogP contribution >= 0.6 is 23.2 Å². The van der Waals surface area contributed by atoms with Gasteiger partial charge in [0.1, 0.15) is 12.6 Å². The highest BCUT2D eigenvalue weighted by atomic mass is 35.5. The molecule has 2 amide bonds. The Morgan fingerprint density at radius 3 is 2.21 bits per heavy atom. The molecule has 0 radical (unpaired) electrons. The molecule has 0 aliphatic heterocycles. The van der Waals surface area contributed by atoms with Gasteiger partial charge in [-0.15, -0.1) is 0 Å². The number of anilines is 1. The number of nitrogens with one attached hydrogen (secondary N) is 1. The third kappa shape index (κ3) is 6.87. The fraction of sp³-hybridized carbons (Fsp3) is 0.286. The van der Waals surface area contributed by atoms with Gasteiger partial charge in [0.05, 0.1) is 20.6 Å². The number of hydrogen-bond donors (Lipinski definition) is 1. The number of carbonyl (C=O) groups excluding carboxylic acids is 2. The van der Waals surface area contributed by atoms with Crippen molar-refractivity contribution in [3.8, 4) is 0 Å². The van der Waals surface area contributed by atoms with Gasteiger partial charge in [-0.05, 0) is 61.7 Å². The van der Waals surface area contributed by atoms with Gasteiger partial charge in [0.25, 0.3) is 10.0 Å². The zero-order chi connectivity index (χ0) is 27.9. The summed E-state index contributed by atoms with van der Waals surface area (Å²) in [5, 5.41) is 3.41. The fourth-order valence-corrected chi connectivity index (χ4v) is 5.82. The number of likely N-dealkylation sites (N-methyl/N-ethyl adjacent to an activating group) is 1. The largest absolute Gasteiger partial charge is 0.355 e. The van der Waals surface area contributed by atoms with Crippen molar-refractivity contribution in [2.45, 2.75) is 44.7 Å². The highest BCUT2D eigenvalue weighted by Crippen LogP contribution is 2.29. The summed E-state index contributed by atoms with van der Waals surface area (Å²) in [6, 6.07) is 19.1. The smallest absolute Gasteiger partial charge is 0.264 e. The van der Waals surface area contributed by atoms with E-state index in [9.17, 15) is 18.0 Å². The van der Waals surface area contributed by atoms with E-state index in [0.717, 1.165) is 9.87 Å². The van der Waals surface area contributed by atoms with Crippen molar-refractivity contribution in [2.75, 3.05) is 17.4 Å². The van der Waals surface area contributed by atoms with Gasteiger partial charge in [0.2, 0.25) is 11.8 Å². The lowest BCUT2D eigenvalue weighted by atomic mass is 10.1. The molecule has 0 heterocycles. The maximum absolute atomic E-state index is 13.9. The second kappa shape index (κ2) is 13.1. The molecular weight excluding hydrogens is 545 g/mol. The Morgan fingerprint density at radius 1 is 0.921 bits per heavy atom. The number of para-hydroxylation sites is 1. The van der Waals surface area contributed by atoms with E-state index in [2.05, 4.69) is 5.32 Å². The van der Waals surface area contributed by atoms with E-state index in [1.165, 1.54) is 17.0 Å². The monoisotopic (exact) mass is 575 g/mol. The highest BCUT2D eigenvalue weighted by molar-refractivity contribution is 7.92. The van der Waals surface area contributed by atoms with Crippen molar-refractivity contribution < 1.29 is 18.0 Å². The van der Waals surface area contributed by atoms with Gasteiger partial charge in [-0.3, -0.25) is 13.9 Å². The maximum atomic E-state index is 13.9. The molecule has 0 bridgehead atoms. The summed E-state index contributed by atoms with van der Waals surface area (Å²) in [7, 11) is -4.11. The molecule has 38 heavy (non-hydrogen) atoms. The molecule has 0 aliphatic carbocycles. The van der Waals surface area contributed by atoms with E-state index < -0.39 is 28.5 Å². The summed E-state index contributed by atoms with van der Waals surface area (Å²) >= 11 is 12.2. The predicted octanol–water partition coefficient (Wildman–Crippen LogP) is 5.30. The second-order valence-electron chi connectivity index (χ2n) is 8.65. The Balaban J connectivity index is 2.06. The zero-order valence-electron chi connectivity index (χ0n) is 21.5. The fourth-order valence-electron chi connectivity index (χ4n) is 4.03. The number of carbonyl (C=O) groups is 2. The van der Waals surface area contributed by atoms with Gasteiger partial charge >= 0.3 is 0 Å². The topological polar surface area (TPSA) is 86.8 Å². The van der Waals surface area contributed by atoms with Crippen molar-refractivity contribution >= 4 is 50.7 Å². The quantitative estimate of drug-likeness (QED) is 0.336. The third-order valence-corrected chi connectivity index (χ3v) is 8.62. The minimum atomic E-state index is -4.11. The van der Waals surface area contributed by atoms with E-state index in [4.69, 9.17) is 23.2 Å². The molecule has 1 N–H and O–H groups in total. The molecule has 0 fully saturated rings. The van der Waals surface area contributed by atoms with E-state index in [0.29, 0.717) is 34.3 Å². The Kier molecular flexibility index (Phi) is 10.2. The SMILES string of the molecule is CCNC(=O)[C@@H](C)N(Cc1ccc(Cl)c(Cl)c1)C(=O)CN(c1ccccc1CC)S(=O)(=O)c1ccccc1. The average Bonchev–Trinajstić information content (AvgIpc) is 2.92. The average molecular weight is 577 g/mol. The van der Waals surface area contributed by atoms with Crippen LogP contribution < -0.4 is 9.62 Å². The summed E-state index contributed by atoms with van der Waals surface area (Å²) in [6.07, 6.45) is 0.563. The van der Waals surface area contributed by atoms with Crippen LogP contribution in [0.1, 0.15) is 31.9 Å². The van der Waals surface area contributed by atoms with Crippen LogP contribution in [-0.4, -0.2) is 44.3 Å². The number of hydrogen-bond acceptors (Lipinski definition) is 4. The Morgan fingerprint density at radius 2 is 1.58 bits per heavy atom. The number of aryl methyl sites for hydroxylation is 1. The first-order chi connectivity index (χ1) is 18.1. The van der Waals surface area contributed by atoms with Crippen LogP contribution in [0.5, 0.6) is 0 Å².